The van der Waals surface area contributed by atoms with Crippen LogP contribution in [0.15, 0.2) is 27.2 Å². The van der Waals surface area contributed by atoms with Crippen molar-refractivity contribution in [3.05, 3.63) is 33.6 Å². The number of nitrogens with one attached hydrogen (secondary N) is 1. The summed E-state index contributed by atoms with van der Waals surface area (Å²) in [5, 5.41) is 8.08. The Bertz CT molecular complexity index is 583. The van der Waals surface area contributed by atoms with E-state index in [-0.39, 0.29) is 0 Å². The van der Waals surface area contributed by atoms with Crippen molar-refractivity contribution in [2.45, 2.75) is 25.3 Å². The minimum absolute atomic E-state index is 0.596. The van der Waals surface area contributed by atoms with Crippen molar-refractivity contribution in [2.24, 2.45) is 0 Å². The number of nitrogens with zero attached hydrogens (tertiary/aromatic N) is 2. The van der Waals surface area contributed by atoms with Crippen LogP contribution in [0.5, 0.6) is 0 Å². The van der Waals surface area contributed by atoms with E-state index in [4.69, 9.17) is 16.1 Å². The molecule has 100 valence electrons. The Morgan fingerprint density at radius 2 is 2.26 bits per heavy atom. The molecule has 0 saturated heterocycles. The summed E-state index contributed by atoms with van der Waals surface area (Å²) >= 11 is 9.34. The quantitative estimate of drug-likeness (QED) is 0.904. The molecule has 1 fully saturated rings. The van der Waals surface area contributed by atoms with E-state index in [1.165, 1.54) is 12.8 Å². The molecule has 1 aromatic heterocycles. The second-order valence-corrected chi connectivity index (χ2v) is 5.88. The molecule has 0 amide bonds. The summed E-state index contributed by atoms with van der Waals surface area (Å²) in [6.07, 6.45) is 3.33. The summed E-state index contributed by atoms with van der Waals surface area (Å²) in [6.45, 7) is 0.886. The fourth-order valence-corrected chi connectivity index (χ4v) is 2.28. The van der Waals surface area contributed by atoms with Gasteiger partial charge in [-0.05, 0) is 47.0 Å². The van der Waals surface area contributed by atoms with E-state index in [1.807, 2.05) is 18.2 Å². The molecule has 0 bridgehead atoms. The summed E-state index contributed by atoms with van der Waals surface area (Å²) in [4.78, 5) is 4.39. The zero-order chi connectivity index (χ0) is 13.2. The van der Waals surface area contributed by atoms with Crippen molar-refractivity contribution in [2.75, 3.05) is 6.54 Å². The lowest BCUT2D eigenvalue weighted by Gasteiger charge is -1.98. The summed E-state index contributed by atoms with van der Waals surface area (Å²) in [5.74, 6) is 1.26. The van der Waals surface area contributed by atoms with Gasteiger partial charge in [0.1, 0.15) is 0 Å². The van der Waals surface area contributed by atoms with E-state index in [0.29, 0.717) is 22.8 Å². The molecule has 1 aliphatic rings. The number of benzene rings is 1. The van der Waals surface area contributed by atoms with Gasteiger partial charge in [-0.15, -0.1) is 0 Å². The first-order valence-electron chi connectivity index (χ1n) is 6.24. The average molecular weight is 343 g/mol. The summed E-state index contributed by atoms with van der Waals surface area (Å²) in [5.41, 5.74) is 0.890. The van der Waals surface area contributed by atoms with Crippen LogP contribution in [0.25, 0.3) is 11.4 Å². The topological polar surface area (TPSA) is 51.0 Å². The highest BCUT2D eigenvalue weighted by Crippen LogP contribution is 2.27. The Hall–Kier alpha value is -0.910. The van der Waals surface area contributed by atoms with Gasteiger partial charge in [0.15, 0.2) is 0 Å². The number of rotatable bonds is 5. The molecule has 0 spiro atoms. The zero-order valence-corrected chi connectivity index (χ0v) is 12.5. The maximum Gasteiger partial charge on any atom is 0.228 e. The second-order valence-electron chi connectivity index (χ2n) is 4.62. The molecular formula is C13H13BrClN3O. The minimum atomic E-state index is 0.596. The Kier molecular flexibility index (Phi) is 3.86. The smallest absolute Gasteiger partial charge is 0.228 e. The van der Waals surface area contributed by atoms with E-state index in [9.17, 15) is 0 Å². The van der Waals surface area contributed by atoms with Gasteiger partial charge in [0, 0.05) is 29.0 Å². The van der Waals surface area contributed by atoms with Crippen LogP contribution in [0, 0.1) is 0 Å². The predicted molar refractivity (Wildman–Crippen MR) is 77.2 cm³/mol. The molecule has 0 radical (unpaired) electrons. The molecule has 3 rings (SSSR count). The molecule has 4 nitrogen and oxygen atoms in total. The van der Waals surface area contributed by atoms with Crippen LogP contribution in [0.4, 0.5) is 0 Å². The molecular weight excluding hydrogens is 330 g/mol. The number of hydrogen-bond acceptors (Lipinski definition) is 4. The third-order valence-electron chi connectivity index (χ3n) is 3.00. The lowest BCUT2D eigenvalue weighted by molar-refractivity contribution is 0.376. The molecule has 1 N–H and O–H groups in total. The normalized spacial score (nSPS) is 14.8. The van der Waals surface area contributed by atoms with Crippen molar-refractivity contribution in [3.63, 3.8) is 0 Å². The van der Waals surface area contributed by atoms with Crippen molar-refractivity contribution < 1.29 is 4.52 Å². The van der Waals surface area contributed by atoms with Gasteiger partial charge in [0.2, 0.25) is 11.7 Å². The molecule has 0 unspecified atom stereocenters. The predicted octanol–water partition coefficient (Wildman–Crippen LogP) is 3.45. The van der Waals surface area contributed by atoms with Crippen LogP contribution >= 0.6 is 27.5 Å². The van der Waals surface area contributed by atoms with E-state index >= 15 is 0 Å². The molecule has 6 heteroatoms. The van der Waals surface area contributed by atoms with Gasteiger partial charge in [-0.2, -0.15) is 4.98 Å². The van der Waals surface area contributed by atoms with Crippen LogP contribution in [-0.2, 0) is 6.42 Å². The van der Waals surface area contributed by atoms with Gasteiger partial charge in [-0.1, -0.05) is 16.8 Å². The van der Waals surface area contributed by atoms with Crippen LogP contribution in [0.2, 0.25) is 5.02 Å². The number of hydrogen-bond donors (Lipinski definition) is 1. The van der Waals surface area contributed by atoms with E-state index in [0.717, 1.165) is 23.0 Å². The van der Waals surface area contributed by atoms with Crippen molar-refractivity contribution in [1.29, 1.82) is 0 Å². The van der Waals surface area contributed by atoms with Gasteiger partial charge < -0.3 is 9.84 Å². The Morgan fingerprint density at radius 1 is 1.42 bits per heavy atom. The molecule has 2 aromatic rings. The molecule has 1 aliphatic carbocycles. The van der Waals surface area contributed by atoms with Gasteiger partial charge in [-0.25, -0.2) is 0 Å². The lowest BCUT2D eigenvalue weighted by Crippen LogP contribution is -2.19. The average Bonchev–Trinajstić information content (AvgIpc) is 3.10. The zero-order valence-electron chi connectivity index (χ0n) is 10.2. The molecule has 0 aliphatic heterocycles. The highest BCUT2D eigenvalue weighted by molar-refractivity contribution is 9.10. The van der Waals surface area contributed by atoms with Crippen molar-refractivity contribution >= 4 is 27.5 Å². The standard InChI is InChI=1S/C13H13BrClN3O/c14-10-7-8(1-4-11(10)15)13-17-12(19-18-13)5-6-16-9-2-3-9/h1,4,7,9,16H,2-3,5-6H2. The van der Waals surface area contributed by atoms with Crippen LogP contribution in [0.1, 0.15) is 18.7 Å². The van der Waals surface area contributed by atoms with Crippen LogP contribution < -0.4 is 5.32 Å². The van der Waals surface area contributed by atoms with Crippen molar-refractivity contribution in [1.82, 2.24) is 15.5 Å². The third-order valence-corrected chi connectivity index (χ3v) is 4.21. The highest BCUT2D eigenvalue weighted by atomic mass is 79.9. The molecule has 19 heavy (non-hydrogen) atoms. The first-order valence-corrected chi connectivity index (χ1v) is 7.41. The van der Waals surface area contributed by atoms with E-state index < -0.39 is 0 Å². The van der Waals surface area contributed by atoms with Crippen LogP contribution in [-0.4, -0.2) is 22.7 Å². The largest absolute Gasteiger partial charge is 0.339 e. The SMILES string of the molecule is Clc1ccc(-c2noc(CCNC3CC3)n2)cc1Br. The molecule has 0 atom stereocenters. The van der Waals surface area contributed by atoms with Crippen LogP contribution in [0.3, 0.4) is 0 Å². The molecule has 1 heterocycles. The van der Waals surface area contributed by atoms with Gasteiger partial charge in [-0.3, -0.25) is 0 Å². The Balaban J connectivity index is 1.67. The van der Waals surface area contributed by atoms with Gasteiger partial charge >= 0.3 is 0 Å². The summed E-state index contributed by atoms with van der Waals surface area (Å²) in [7, 11) is 0. The van der Waals surface area contributed by atoms with Crippen molar-refractivity contribution in [3.8, 4) is 11.4 Å². The highest BCUT2D eigenvalue weighted by Gasteiger charge is 2.20. The second kappa shape index (κ2) is 5.61. The third kappa shape index (κ3) is 3.35. The Morgan fingerprint density at radius 3 is 3.00 bits per heavy atom. The Labute approximate surface area is 124 Å². The minimum Gasteiger partial charge on any atom is -0.339 e. The maximum absolute atomic E-state index is 5.96. The van der Waals surface area contributed by atoms with E-state index in [2.05, 4.69) is 31.4 Å². The summed E-state index contributed by atoms with van der Waals surface area (Å²) < 4.78 is 6.07. The maximum atomic E-state index is 5.96. The van der Waals surface area contributed by atoms with Gasteiger partial charge in [0.05, 0.1) is 5.02 Å². The molecule has 1 saturated carbocycles. The van der Waals surface area contributed by atoms with Gasteiger partial charge in [0.25, 0.3) is 0 Å². The lowest BCUT2D eigenvalue weighted by atomic mass is 10.2. The first-order chi connectivity index (χ1) is 9.22. The fourth-order valence-electron chi connectivity index (χ4n) is 1.78. The fraction of sp³-hybridized carbons (Fsp3) is 0.385. The summed E-state index contributed by atoms with van der Waals surface area (Å²) in [6, 6.07) is 6.28. The monoisotopic (exact) mass is 341 g/mol. The molecule has 1 aromatic carbocycles. The first kappa shape index (κ1) is 13.1. The number of aromatic nitrogens is 2. The number of halogens is 2. The van der Waals surface area contributed by atoms with E-state index in [1.54, 1.807) is 0 Å².